The Morgan fingerprint density at radius 1 is 1.43 bits per heavy atom. The second kappa shape index (κ2) is 6.60. The fraction of sp³-hybridized carbons (Fsp3) is 0.727. The molecule has 0 unspecified atom stereocenters. The zero-order valence-electron chi connectivity index (χ0n) is 8.63. The molecule has 1 aliphatic heterocycles. The first-order valence-electron chi connectivity index (χ1n) is 5.41. The van der Waals surface area contributed by atoms with Gasteiger partial charge in [0.15, 0.2) is 11.5 Å². The van der Waals surface area contributed by atoms with Gasteiger partial charge in [0.05, 0.1) is 6.61 Å². The number of hydrogen-bond donors (Lipinski definition) is 1. The smallest absolute Gasteiger partial charge is 0.197 e. The van der Waals surface area contributed by atoms with Gasteiger partial charge in [-0.1, -0.05) is 6.42 Å². The Labute approximate surface area is 85.3 Å². The molecule has 0 saturated carbocycles. The molecule has 0 aromatic rings. The van der Waals surface area contributed by atoms with E-state index in [2.05, 4.69) is 0 Å². The van der Waals surface area contributed by atoms with E-state index in [0.29, 0.717) is 25.3 Å². The van der Waals surface area contributed by atoms with Crippen LogP contribution in [0, 0.1) is 0 Å². The summed E-state index contributed by atoms with van der Waals surface area (Å²) >= 11 is 0. The van der Waals surface area contributed by atoms with Crippen molar-refractivity contribution in [2.75, 3.05) is 13.2 Å². The van der Waals surface area contributed by atoms with Crippen LogP contribution >= 0.6 is 0 Å². The monoisotopic (exact) mass is 197 g/mol. The van der Waals surface area contributed by atoms with Gasteiger partial charge in [0.25, 0.3) is 0 Å². The van der Waals surface area contributed by atoms with Crippen LogP contribution in [0.4, 0.5) is 0 Å². The topological polar surface area (TPSA) is 52.3 Å². The molecule has 0 fully saturated rings. The first-order valence-corrected chi connectivity index (χ1v) is 5.41. The van der Waals surface area contributed by atoms with Crippen LogP contribution in [0.5, 0.6) is 0 Å². The molecule has 14 heavy (non-hydrogen) atoms. The summed E-state index contributed by atoms with van der Waals surface area (Å²) in [5.41, 5.74) is 5.37. The molecule has 3 heteroatoms. The maximum Gasteiger partial charge on any atom is 0.197 e. The molecular weight excluding hydrogens is 178 g/mol. The quantitative estimate of drug-likeness (QED) is 0.660. The van der Waals surface area contributed by atoms with Gasteiger partial charge < -0.3 is 10.5 Å². The van der Waals surface area contributed by atoms with Crippen LogP contribution < -0.4 is 5.73 Å². The lowest BCUT2D eigenvalue weighted by molar-refractivity contribution is -0.119. The average Bonchev–Trinajstić information content (AvgIpc) is 2.25. The predicted octanol–water partition coefficient (Wildman–Crippen LogP) is 1.77. The van der Waals surface area contributed by atoms with Crippen molar-refractivity contribution >= 4 is 5.78 Å². The zero-order chi connectivity index (χ0) is 10.2. The maximum absolute atomic E-state index is 11.5. The van der Waals surface area contributed by atoms with Crippen LogP contribution in [-0.4, -0.2) is 18.9 Å². The van der Waals surface area contributed by atoms with E-state index in [-0.39, 0.29) is 5.78 Å². The number of rotatable bonds is 6. The molecule has 0 radical (unpaired) electrons. The van der Waals surface area contributed by atoms with Crippen LogP contribution in [-0.2, 0) is 9.53 Å². The highest BCUT2D eigenvalue weighted by molar-refractivity contribution is 5.93. The number of allylic oxidation sites excluding steroid dienone is 2. The van der Waals surface area contributed by atoms with Crippen molar-refractivity contribution in [1.82, 2.24) is 0 Å². The Morgan fingerprint density at radius 3 is 2.93 bits per heavy atom. The summed E-state index contributed by atoms with van der Waals surface area (Å²) in [5, 5.41) is 0. The molecule has 1 heterocycles. The molecular formula is C11H19NO2. The number of unbranched alkanes of at least 4 members (excludes halogenated alkanes) is 2. The first-order chi connectivity index (χ1) is 6.84. The van der Waals surface area contributed by atoms with E-state index < -0.39 is 0 Å². The fourth-order valence-electron chi connectivity index (χ4n) is 1.48. The highest BCUT2D eigenvalue weighted by Gasteiger charge is 2.12. The van der Waals surface area contributed by atoms with Crippen molar-refractivity contribution in [2.45, 2.75) is 38.5 Å². The predicted molar refractivity (Wildman–Crippen MR) is 55.8 cm³/mol. The Hall–Kier alpha value is -0.830. The second-order valence-corrected chi connectivity index (χ2v) is 3.58. The van der Waals surface area contributed by atoms with Crippen LogP contribution in [0.3, 0.4) is 0 Å². The van der Waals surface area contributed by atoms with Crippen molar-refractivity contribution in [3.8, 4) is 0 Å². The van der Waals surface area contributed by atoms with Gasteiger partial charge in [0.2, 0.25) is 0 Å². The number of nitrogens with two attached hydrogens (primary N) is 1. The molecule has 0 aromatic heterocycles. The van der Waals surface area contributed by atoms with E-state index in [0.717, 1.165) is 32.1 Å². The molecule has 0 spiro atoms. The number of Topliss-reactive ketones (excluding diaryl/α,β-unsaturated/α-hetero) is 1. The lowest BCUT2D eigenvalue weighted by Crippen LogP contribution is -2.11. The molecule has 0 aliphatic carbocycles. The summed E-state index contributed by atoms with van der Waals surface area (Å²) < 4.78 is 5.28. The molecule has 0 aromatic carbocycles. The van der Waals surface area contributed by atoms with E-state index in [1.54, 1.807) is 0 Å². The Kier molecular flexibility index (Phi) is 5.30. The number of carbonyl (C=O) groups is 1. The number of carbonyl (C=O) groups excluding carboxylic acids is 1. The van der Waals surface area contributed by atoms with Gasteiger partial charge >= 0.3 is 0 Å². The normalized spacial score (nSPS) is 15.9. The van der Waals surface area contributed by atoms with Crippen molar-refractivity contribution in [2.24, 2.45) is 5.73 Å². The van der Waals surface area contributed by atoms with Gasteiger partial charge in [0, 0.05) is 6.42 Å². The highest BCUT2D eigenvalue weighted by atomic mass is 16.5. The maximum atomic E-state index is 11.5. The SMILES string of the molecule is NCCCCCC(=O)C1=CCCCO1. The van der Waals surface area contributed by atoms with Crippen LogP contribution in [0.1, 0.15) is 38.5 Å². The molecule has 0 bridgehead atoms. The van der Waals surface area contributed by atoms with Gasteiger partial charge in [-0.3, -0.25) is 4.79 Å². The Balaban J connectivity index is 2.17. The first kappa shape index (κ1) is 11.2. The van der Waals surface area contributed by atoms with Crippen molar-refractivity contribution in [3.63, 3.8) is 0 Å². The summed E-state index contributed by atoms with van der Waals surface area (Å²) in [4.78, 5) is 11.5. The van der Waals surface area contributed by atoms with Gasteiger partial charge in [-0.15, -0.1) is 0 Å². The summed E-state index contributed by atoms with van der Waals surface area (Å²) in [5.74, 6) is 0.741. The molecule has 2 N–H and O–H groups in total. The molecule has 80 valence electrons. The van der Waals surface area contributed by atoms with Crippen molar-refractivity contribution < 1.29 is 9.53 Å². The molecule has 0 amide bonds. The molecule has 0 saturated heterocycles. The minimum Gasteiger partial charge on any atom is -0.490 e. The lowest BCUT2D eigenvalue weighted by atomic mass is 10.1. The van der Waals surface area contributed by atoms with E-state index in [4.69, 9.17) is 10.5 Å². The Bertz CT molecular complexity index is 211. The standard InChI is InChI=1S/C11H19NO2/c12-8-4-1-2-6-10(13)11-7-3-5-9-14-11/h7H,1-6,8-9,12H2. The van der Waals surface area contributed by atoms with E-state index in [1.807, 2.05) is 6.08 Å². The number of ketones is 1. The molecule has 1 rings (SSSR count). The number of hydrogen-bond acceptors (Lipinski definition) is 3. The van der Waals surface area contributed by atoms with Crippen LogP contribution in [0.15, 0.2) is 11.8 Å². The summed E-state index contributed by atoms with van der Waals surface area (Å²) in [6.07, 6.45) is 7.49. The van der Waals surface area contributed by atoms with E-state index in [1.165, 1.54) is 0 Å². The molecule has 0 atom stereocenters. The van der Waals surface area contributed by atoms with E-state index in [9.17, 15) is 4.79 Å². The minimum absolute atomic E-state index is 0.154. The molecule has 3 nitrogen and oxygen atoms in total. The van der Waals surface area contributed by atoms with Gasteiger partial charge in [-0.2, -0.15) is 0 Å². The lowest BCUT2D eigenvalue weighted by Gasteiger charge is -2.13. The summed E-state index contributed by atoms with van der Waals surface area (Å²) in [7, 11) is 0. The van der Waals surface area contributed by atoms with Crippen LogP contribution in [0.25, 0.3) is 0 Å². The highest BCUT2D eigenvalue weighted by Crippen LogP contribution is 2.13. The van der Waals surface area contributed by atoms with E-state index >= 15 is 0 Å². The third-order valence-corrected chi connectivity index (χ3v) is 2.32. The summed E-state index contributed by atoms with van der Waals surface area (Å²) in [6.45, 7) is 1.41. The third kappa shape index (κ3) is 3.92. The third-order valence-electron chi connectivity index (χ3n) is 2.32. The molecule has 1 aliphatic rings. The second-order valence-electron chi connectivity index (χ2n) is 3.58. The largest absolute Gasteiger partial charge is 0.490 e. The Morgan fingerprint density at radius 2 is 2.29 bits per heavy atom. The van der Waals surface area contributed by atoms with Gasteiger partial charge in [-0.25, -0.2) is 0 Å². The van der Waals surface area contributed by atoms with Gasteiger partial charge in [0.1, 0.15) is 0 Å². The van der Waals surface area contributed by atoms with Crippen molar-refractivity contribution in [3.05, 3.63) is 11.8 Å². The average molecular weight is 197 g/mol. The van der Waals surface area contributed by atoms with Crippen molar-refractivity contribution in [1.29, 1.82) is 0 Å². The number of ether oxygens (including phenoxy) is 1. The van der Waals surface area contributed by atoms with Gasteiger partial charge in [-0.05, 0) is 38.3 Å². The fourth-order valence-corrected chi connectivity index (χ4v) is 1.48. The zero-order valence-corrected chi connectivity index (χ0v) is 8.63. The minimum atomic E-state index is 0.154. The van der Waals surface area contributed by atoms with Crippen LogP contribution in [0.2, 0.25) is 0 Å². The summed E-state index contributed by atoms with van der Waals surface area (Å²) in [6, 6.07) is 0.